The van der Waals surface area contributed by atoms with Gasteiger partial charge >= 0.3 is 10.4 Å². The summed E-state index contributed by atoms with van der Waals surface area (Å²) in [5.74, 6) is -0.119. The van der Waals surface area contributed by atoms with Gasteiger partial charge in [0.25, 0.3) is 0 Å². The van der Waals surface area contributed by atoms with Crippen molar-refractivity contribution < 1.29 is 47.5 Å². The van der Waals surface area contributed by atoms with Crippen LogP contribution in [0.25, 0.3) is 0 Å². The Bertz CT molecular complexity index is 769. The molecule has 152 valence electrons. The smallest absolute Gasteiger partial charge is 0.466 e. The number of hydrogen-bond acceptors (Lipinski definition) is 11. The maximum absolute atomic E-state index is 10.8. The van der Waals surface area contributed by atoms with Crippen LogP contribution in [0.5, 0.6) is 5.75 Å². The molecule has 11 nitrogen and oxygen atoms in total. The molecular weight excluding hydrogens is 406 g/mol. The summed E-state index contributed by atoms with van der Waals surface area (Å²) in [4.78, 5) is 0. The fraction of sp³-hybridized carbons (Fsp3) is 0.500. The molecule has 1 saturated heterocycles. The number of hydrogen-bond donors (Lipinski definition) is 6. The number of nitrogens with zero attached hydrogens (tertiary/aromatic N) is 1. The van der Waals surface area contributed by atoms with E-state index in [4.69, 9.17) is 9.29 Å². The van der Waals surface area contributed by atoms with Crippen LogP contribution in [-0.2, 0) is 25.8 Å². The van der Waals surface area contributed by atoms with Crippen LogP contribution in [0, 0.1) is 0 Å². The van der Waals surface area contributed by atoms with Crippen molar-refractivity contribution >= 4 is 27.2 Å². The molecule has 0 radical (unpaired) electrons. The highest BCUT2D eigenvalue weighted by molar-refractivity contribution is 8.14. The van der Waals surface area contributed by atoms with Gasteiger partial charge in [-0.2, -0.15) is 8.42 Å². The molecular formula is C14H19NO10S2. The Morgan fingerprint density at radius 2 is 1.85 bits per heavy atom. The second-order valence-electron chi connectivity index (χ2n) is 5.61. The first-order chi connectivity index (χ1) is 12.6. The van der Waals surface area contributed by atoms with Crippen molar-refractivity contribution in [3.63, 3.8) is 0 Å². The Hall–Kier alpha value is -1.45. The second kappa shape index (κ2) is 9.16. The van der Waals surface area contributed by atoms with E-state index < -0.39 is 46.9 Å². The Morgan fingerprint density at radius 1 is 1.19 bits per heavy atom. The molecule has 27 heavy (non-hydrogen) atoms. The first-order valence-corrected chi connectivity index (χ1v) is 9.84. The van der Waals surface area contributed by atoms with E-state index in [1.807, 2.05) is 0 Å². The van der Waals surface area contributed by atoms with E-state index in [1.54, 1.807) is 12.1 Å². The number of rotatable bonds is 6. The van der Waals surface area contributed by atoms with Gasteiger partial charge in [0.2, 0.25) is 0 Å². The van der Waals surface area contributed by atoms with Crippen LogP contribution < -0.4 is 0 Å². The number of phenolic OH excluding ortho intramolecular Hbond substituents is 1. The molecule has 0 aromatic heterocycles. The summed E-state index contributed by atoms with van der Waals surface area (Å²) in [6, 6.07) is 6.07. The lowest BCUT2D eigenvalue weighted by molar-refractivity contribution is -0.205. The number of aromatic hydroxyl groups is 1. The predicted molar refractivity (Wildman–Crippen MR) is 93.2 cm³/mol. The number of ether oxygens (including phenoxy) is 1. The number of aliphatic hydroxyl groups excluding tert-OH is 4. The predicted octanol–water partition coefficient (Wildman–Crippen LogP) is -1.40. The molecule has 1 aliphatic heterocycles. The average Bonchev–Trinajstić information content (AvgIpc) is 2.61. The molecule has 5 unspecified atom stereocenters. The van der Waals surface area contributed by atoms with Crippen LogP contribution in [0.4, 0.5) is 0 Å². The highest BCUT2D eigenvalue weighted by Gasteiger charge is 2.44. The summed E-state index contributed by atoms with van der Waals surface area (Å²) in [6.45, 7) is -0.643. The van der Waals surface area contributed by atoms with Crippen molar-refractivity contribution in [2.75, 3.05) is 6.61 Å². The molecule has 1 heterocycles. The Balaban J connectivity index is 2.24. The van der Waals surface area contributed by atoms with Gasteiger partial charge in [0.15, 0.2) is 0 Å². The maximum Gasteiger partial charge on any atom is 0.466 e. The minimum absolute atomic E-state index is 0.119. The van der Waals surface area contributed by atoms with Crippen LogP contribution >= 0.6 is 11.8 Å². The number of phenols is 1. The first kappa shape index (κ1) is 21.8. The van der Waals surface area contributed by atoms with Crippen LogP contribution in [0.1, 0.15) is 5.56 Å². The maximum atomic E-state index is 10.8. The summed E-state index contributed by atoms with van der Waals surface area (Å²) in [7, 11) is -4.91. The highest BCUT2D eigenvalue weighted by Crippen LogP contribution is 2.31. The summed E-state index contributed by atoms with van der Waals surface area (Å²) >= 11 is 0.627. The summed E-state index contributed by atoms with van der Waals surface area (Å²) in [6.07, 6.45) is -6.14. The normalized spacial score (nSPS) is 29.5. The zero-order valence-electron chi connectivity index (χ0n) is 13.7. The minimum atomic E-state index is -4.91. The van der Waals surface area contributed by atoms with Gasteiger partial charge in [0.1, 0.15) is 40.6 Å². The van der Waals surface area contributed by atoms with Crippen molar-refractivity contribution in [3.05, 3.63) is 29.8 Å². The van der Waals surface area contributed by atoms with Gasteiger partial charge in [-0.15, -0.1) is 0 Å². The third-order valence-corrected chi connectivity index (χ3v) is 5.04. The van der Waals surface area contributed by atoms with Crippen molar-refractivity contribution in [2.24, 2.45) is 5.16 Å². The summed E-state index contributed by atoms with van der Waals surface area (Å²) in [5.41, 5.74) is -0.928. The van der Waals surface area contributed by atoms with Gasteiger partial charge in [-0.3, -0.25) is 4.55 Å². The minimum Gasteiger partial charge on any atom is -0.508 e. The number of oxime groups is 1. The Labute approximate surface area is 158 Å². The highest BCUT2D eigenvalue weighted by atomic mass is 32.3. The van der Waals surface area contributed by atoms with Gasteiger partial charge in [0, 0.05) is 12.0 Å². The lowest BCUT2D eigenvalue weighted by atomic mass is 10.0. The molecule has 1 aromatic carbocycles. The van der Waals surface area contributed by atoms with E-state index in [2.05, 4.69) is 9.44 Å². The topological polar surface area (TPSA) is 186 Å². The average molecular weight is 425 g/mol. The fourth-order valence-electron chi connectivity index (χ4n) is 2.31. The first-order valence-electron chi connectivity index (χ1n) is 7.59. The molecule has 1 aromatic rings. The van der Waals surface area contributed by atoms with Crippen LogP contribution in [0.15, 0.2) is 29.4 Å². The van der Waals surface area contributed by atoms with Gasteiger partial charge in [-0.25, -0.2) is 4.28 Å². The number of aliphatic hydroxyl groups is 4. The summed E-state index contributed by atoms with van der Waals surface area (Å²) < 4.78 is 39.6. The van der Waals surface area contributed by atoms with Crippen molar-refractivity contribution in [1.29, 1.82) is 0 Å². The van der Waals surface area contributed by atoms with Crippen molar-refractivity contribution in [3.8, 4) is 5.75 Å². The Kier molecular flexibility index (Phi) is 7.41. The lowest BCUT2D eigenvalue weighted by Gasteiger charge is -2.39. The van der Waals surface area contributed by atoms with Gasteiger partial charge in [0.05, 0.1) is 6.61 Å². The molecule has 0 bridgehead atoms. The number of para-hydroxylation sites is 1. The zero-order chi connectivity index (χ0) is 20.2. The molecule has 0 spiro atoms. The molecule has 0 aliphatic carbocycles. The molecule has 6 N–H and O–H groups in total. The second-order valence-corrected chi connectivity index (χ2v) is 7.78. The number of thioether (sulfide) groups is 1. The van der Waals surface area contributed by atoms with Crippen molar-refractivity contribution in [2.45, 2.75) is 36.3 Å². The molecule has 5 atom stereocenters. The molecule has 1 fully saturated rings. The lowest BCUT2D eigenvalue weighted by Crippen LogP contribution is -2.57. The fourth-order valence-corrected chi connectivity index (χ4v) is 3.62. The Morgan fingerprint density at radius 3 is 2.44 bits per heavy atom. The quantitative estimate of drug-likeness (QED) is 0.136. The van der Waals surface area contributed by atoms with E-state index in [0.717, 1.165) is 0 Å². The third-order valence-electron chi connectivity index (χ3n) is 3.67. The van der Waals surface area contributed by atoms with Gasteiger partial charge < -0.3 is 30.3 Å². The SMILES string of the molecule is O=S(=O)(O)ON=C(Cc1ccccc1O)SC1OC(CO)C(O)C(O)C1O. The van der Waals surface area contributed by atoms with E-state index in [-0.39, 0.29) is 17.2 Å². The van der Waals surface area contributed by atoms with Crippen LogP contribution in [0.3, 0.4) is 0 Å². The molecule has 0 saturated carbocycles. The molecule has 0 amide bonds. The zero-order valence-corrected chi connectivity index (χ0v) is 15.3. The summed E-state index contributed by atoms with van der Waals surface area (Å²) in [5, 5.41) is 51.9. The third kappa shape index (κ3) is 6.02. The molecule has 2 rings (SSSR count). The monoisotopic (exact) mass is 425 g/mol. The largest absolute Gasteiger partial charge is 0.508 e. The number of benzene rings is 1. The van der Waals surface area contributed by atoms with E-state index in [1.165, 1.54) is 12.1 Å². The van der Waals surface area contributed by atoms with Gasteiger partial charge in [-0.05, 0) is 6.07 Å². The van der Waals surface area contributed by atoms with E-state index in [9.17, 15) is 34.0 Å². The standard InChI is InChI=1S/C14H19NO10S2/c16-6-9-11(18)12(19)13(20)14(24-9)26-10(15-25-27(21,22)23)5-7-3-1-2-4-8(7)17/h1-4,9,11-14,16-20H,5-6H2,(H,21,22,23). The van der Waals surface area contributed by atoms with Crippen LogP contribution in [0.2, 0.25) is 0 Å². The molecule has 13 heteroatoms. The van der Waals surface area contributed by atoms with Crippen LogP contribution in [-0.4, -0.2) is 80.0 Å². The van der Waals surface area contributed by atoms with E-state index >= 15 is 0 Å². The molecule has 1 aliphatic rings. The van der Waals surface area contributed by atoms with Gasteiger partial charge in [-0.1, -0.05) is 35.1 Å². The van der Waals surface area contributed by atoms with E-state index in [0.29, 0.717) is 17.3 Å². The van der Waals surface area contributed by atoms with Crippen molar-refractivity contribution in [1.82, 2.24) is 0 Å².